The Morgan fingerprint density at radius 2 is 2.32 bits per heavy atom. The molecule has 0 aromatic carbocycles. The molecular formula is C14H16BrN3O. The van der Waals surface area contributed by atoms with Gasteiger partial charge in [0, 0.05) is 36.6 Å². The molecule has 0 spiro atoms. The van der Waals surface area contributed by atoms with Gasteiger partial charge in [-0.2, -0.15) is 0 Å². The monoisotopic (exact) mass is 321 g/mol. The van der Waals surface area contributed by atoms with Crippen molar-refractivity contribution in [3.05, 3.63) is 29.0 Å². The second-order valence-corrected chi connectivity index (χ2v) is 5.88. The lowest BCUT2D eigenvalue weighted by Gasteiger charge is -2.19. The summed E-state index contributed by atoms with van der Waals surface area (Å²) in [6.07, 6.45) is 5.68. The van der Waals surface area contributed by atoms with E-state index in [-0.39, 0.29) is 6.61 Å². The number of fused-ring (bicyclic) bond motifs is 1. The maximum atomic E-state index is 9.04. The molecule has 2 aromatic rings. The predicted octanol–water partition coefficient (Wildman–Crippen LogP) is 2.60. The standard InChI is InChI=1S/C14H16BrN3O/c15-11-7-12-14(17-8-11)13(1-4-16-12)18-5-2-10(9-18)3-6-19/h1,4,7-8,10,19H,2-3,5-6,9H2. The smallest absolute Gasteiger partial charge is 0.112 e. The van der Waals surface area contributed by atoms with E-state index in [2.05, 4.69) is 30.8 Å². The van der Waals surface area contributed by atoms with Gasteiger partial charge in [-0.3, -0.25) is 9.97 Å². The van der Waals surface area contributed by atoms with Crippen molar-refractivity contribution in [2.75, 3.05) is 24.6 Å². The van der Waals surface area contributed by atoms with Gasteiger partial charge in [-0.05, 0) is 46.8 Å². The number of aliphatic hydroxyl groups excluding tert-OH is 1. The molecule has 5 heteroatoms. The Morgan fingerprint density at radius 1 is 1.42 bits per heavy atom. The lowest BCUT2D eigenvalue weighted by Crippen LogP contribution is -2.20. The van der Waals surface area contributed by atoms with E-state index in [4.69, 9.17) is 5.11 Å². The van der Waals surface area contributed by atoms with Gasteiger partial charge in [-0.25, -0.2) is 0 Å². The number of anilines is 1. The molecule has 19 heavy (non-hydrogen) atoms. The summed E-state index contributed by atoms with van der Waals surface area (Å²) in [7, 11) is 0. The highest BCUT2D eigenvalue weighted by Gasteiger charge is 2.23. The first kappa shape index (κ1) is 12.8. The van der Waals surface area contributed by atoms with Crippen LogP contribution in [-0.4, -0.2) is 34.8 Å². The first-order valence-corrected chi connectivity index (χ1v) is 7.33. The van der Waals surface area contributed by atoms with E-state index < -0.39 is 0 Å². The number of aromatic nitrogens is 2. The van der Waals surface area contributed by atoms with E-state index in [0.717, 1.165) is 47.1 Å². The van der Waals surface area contributed by atoms with Crippen molar-refractivity contribution in [1.29, 1.82) is 0 Å². The van der Waals surface area contributed by atoms with Gasteiger partial charge in [0.1, 0.15) is 5.52 Å². The summed E-state index contributed by atoms with van der Waals surface area (Å²) in [6.45, 7) is 2.31. The molecular weight excluding hydrogens is 306 g/mol. The molecule has 3 rings (SSSR count). The van der Waals surface area contributed by atoms with Gasteiger partial charge in [0.05, 0.1) is 11.2 Å². The van der Waals surface area contributed by atoms with Gasteiger partial charge in [-0.1, -0.05) is 0 Å². The molecule has 100 valence electrons. The van der Waals surface area contributed by atoms with E-state index in [1.807, 2.05) is 24.5 Å². The second kappa shape index (κ2) is 5.43. The number of hydrogen-bond acceptors (Lipinski definition) is 4. The third-order valence-electron chi connectivity index (χ3n) is 3.69. The third-order valence-corrected chi connectivity index (χ3v) is 4.12. The Kier molecular flexibility index (Phi) is 3.66. The zero-order chi connectivity index (χ0) is 13.2. The van der Waals surface area contributed by atoms with Crippen LogP contribution in [0.4, 0.5) is 5.69 Å². The fraction of sp³-hybridized carbons (Fsp3) is 0.429. The Balaban J connectivity index is 1.93. The van der Waals surface area contributed by atoms with Gasteiger partial charge in [-0.15, -0.1) is 0 Å². The van der Waals surface area contributed by atoms with E-state index in [0.29, 0.717) is 5.92 Å². The van der Waals surface area contributed by atoms with Crippen LogP contribution in [0.2, 0.25) is 0 Å². The molecule has 4 nitrogen and oxygen atoms in total. The minimum Gasteiger partial charge on any atom is -0.396 e. The summed E-state index contributed by atoms with van der Waals surface area (Å²) in [4.78, 5) is 11.2. The van der Waals surface area contributed by atoms with Crippen LogP contribution in [-0.2, 0) is 0 Å². The van der Waals surface area contributed by atoms with E-state index in [9.17, 15) is 0 Å². The summed E-state index contributed by atoms with van der Waals surface area (Å²) in [6, 6.07) is 4.03. The average molecular weight is 322 g/mol. The lowest BCUT2D eigenvalue weighted by molar-refractivity contribution is 0.263. The van der Waals surface area contributed by atoms with Crippen molar-refractivity contribution in [3.63, 3.8) is 0 Å². The van der Waals surface area contributed by atoms with Crippen molar-refractivity contribution >= 4 is 32.7 Å². The highest BCUT2D eigenvalue weighted by molar-refractivity contribution is 9.10. The van der Waals surface area contributed by atoms with Crippen LogP contribution >= 0.6 is 15.9 Å². The number of halogens is 1. The van der Waals surface area contributed by atoms with Gasteiger partial charge in [0.15, 0.2) is 0 Å². The largest absolute Gasteiger partial charge is 0.396 e. The first-order chi connectivity index (χ1) is 9.28. The van der Waals surface area contributed by atoms with E-state index in [1.54, 1.807) is 0 Å². The summed E-state index contributed by atoms with van der Waals surface area (Å²) >= 11 is 3.43. The molecule has 1 saturated heterocycles. The van der Waals surface area contributed by atoms with Gasteiger partial charge in [0.2, 0.25) is 0 Å². The lowest BCUT2D eigenvalue weighted by atomic mass is 10.1. The maximum Gasteiger partial charge on any atom is 0.112 e. The summed E-state index contributed by atoms with van der Waals surface area (Å²) in [5.74, 6) is 0.587. The van der Waals surface area contributed by atoms with E-state index in [1.165, 1.54) is 0 Å². The van der Waals surface area contributed by atoms with Crippen LogP contribution in [0.1, 0.15) is 12.8 Å². The first-order valence-electron chi connectivity index (χ1n) is 6.54. The molecule has 1 aliphatic rings. The predicted molar refractivity (Wildman–Crippen MR) is 79.3 cm³/mol. The molecule has 0 bridgehead atoms. The SMILES string of the molecule is OCCC1CCN(c2ccnc3cc(Br)cnc23)C1. The molecule has 0 aliphatic carbocycles. The number of aliphatic hydroxyl groups is 1. The van der Waals surface area contributed by atoms with Crippen LogP contribution in [0, 0.1) is 5.92 Å². The molecule has 1 unspecified atom stereocenters. The quantitative estimate of drug-likeness (QED) is 0.944. The zero-order valence-corrected chi connectivity index (χ0v) is 12.2. The summed E-state index contributed by atoms with van der Waals surface area (Å²) in [5, 5.41) is 9.04. The number of nitrogens with zero attached hydrogens (tertiary/aromatic N) is 3. The van der Waals surface area contributed by atoms with Gasteiger partial charge in [0.25, 0.3) is 0 Å². The Morgan fingerprint density at radius 3 is 3.16 bits per heavy atom. The number of hydrogen-bond donors (Lipinski definition) is 1. The van der Waals surface area contributed by atoms with Crippen LogP contribution in [0.25, 0.3) is 11.0 Å². The Labute approximate surface area is 120 Å². The normalized spacial score (nSPS) is 19.3. The molecule has 1 atom stereocenters. The molecule has 3 heterocycles. The Hall–Kier alpha value is -1.20. The topological polar surface area (TPSA) is 49.2 Å². The van der Waals surface area contributed by atoms with Gasteiger partial charge >= 0.3 is 0 Å². The van der Waals surface area contributed by atoms with Crippen molar-refractivity contribution in [3.8, 4) is 0 Å². The van der Waals surface area contributed by atoms with Crippen LogP contribution < -0.4 is 4.90 Å². The van der Waals surface area contributed by atoms with E-state index >= 15 is 0 Å². The van der Waals surface area contributed by atoms with Crippen molar-refractivity contribution in [2.24, 2.45) is 5.92 Å². The van der Waals surface area contributed by atoms with Crippen molar-refractivity contribution < 1.29 is 5.11 Å². The number of pyridine rings is 2. The van der Waals surface area contributed by atoms with Crippen LogP contribution in [0.5, 0.6) is 0 Å². The highest BCUT2D eigenvalue weighted by atomic mass is 79.9. The third kappa shape index (κ3) is 2.58. The molecule has 0 saturated carbocycles. The molecule has 2 aromatic heterocycles. The summed E-state index contributed by atoms with van der Waals surface area (Å²) in [5.41, 5.74) is 3.02. The zero-order valence-electron chi connectivity index (χ0n) is 10.6. The fourth-order valence-electron chi connectivity index (χ4n) is 2.72. The molecule has 1 N–H and O–H groups in total. The van der Waals surface area contributed by atoms with Gasteiger partial charge < -0.3 is 10.0 Å². The molecule has 0 amide bonds. The molecule has 0 radical (unpaired) electrons. The molecule has 1 aliphatic heterocycles. The highest BCUT2D eigenvalue weighted by Crippen LogP contribution is 2.30. The van der Waals surface area contributed by atoms with Crippen molar-refractivity contribution in [2.45, 2.75) is 12.8 Å². The molecule has 1 fully saturated rings. The van der Waals surface area contributed by atoms with Crippen LogP contribution in [0.15, 0.2) is 29.0 Å². The minimum absolute atomic E-state index is 0.279. The second-order valence-electron chi connectivity index (χ2n) is 4.96. The Bertz CT molecular complexity index is 590. The minimum atomic E-state index is 0.279. The van der Waals surface area contributed by atoms with Crippen molar-refractivity contribution in [1.82, 2.24) is 9.97 Å². The van der Waals surface area contributed by atoms with Crippen LogP contribution in [0.3, 0.4) is 0 Å². The maximum absolute atomic E-state index is 9.04. The fourth-order valence-corrected chi connectivity index (χ4v) is 3.04. The average Bonchev–Trinajstić information content (AvgIpc) is 2.86. The number of rotatable bonds is 3. The summed E-state index contributed by atoms with van der Waals surface area (Å²) < 4.78 is 0.948.